The van der Waals surface area contributed by atoms with E-state index in [-0.39, 0.29) is 5.56 Å². The highest BCUT2D eigenvalue weighted by atomic mass is 35.5. The van der Waals surface area contributed by atoms with E-state index in [0.29, 0.717) is 50.1 Å². The highest BCUT2D eigenvalue weighted by Gasteiger charge is 2.26. The number of aromatic carboxylic acids is 1. The fourth-order valence-corrected chi connectivity index (χ4v) is 4.03. The Bertz CT molecular complexity index is 1030. The number of hydrogen-bond donors (Lipinski definition) is 1. The van der Waals surface area contributed by atoms with Gasteiger partial charge in [0.25, 0.3) is 0 Å². The van der Waals surface area contributed by atoms with Crippen LogP contribution in [0.2, 0.25) is 15.1 Å². The lowest BCUT2D eigenvalue weighted by Crippen LogP contribution is -2.13. The molecule has 1 heterocycles. The number of halogens is 3. The molecule has 0 radical (unpaired) electrons. The van der Waals surface area contributed by atoms with Gasteiger partial charge in [-0.05, 0) is 48.2 Å². The number of aromatic nitrogens is 1. The maximum atomic E-state index is 11.9. The lowest BCUT2D eigenvalue weighted by molar-refractivity contribution is 0.0698. The first-order valence-electron chi connectivity index (χ1n) is 7.29. The van der Waals surface area contributed by atoms with Gasteiger partial charge in [-0.2, -0.15) is 0 Å². The number of rotatable bonds is 1. The summed E-state index contributed by atoms with van der Waals surface area (Å²) in [6.45, 7) is 0. The van der Waals surface area contributed by atoms with Gasteiger partial charge in [-0.3, -0.25) is 0 Å². The number of pyridine rings is 1. The van der Waals surface area contributed by atoms with Gasteiger partial charge in [0.15, 0.2) is 0 Å². The van der Waals surface area contributed by atoms with Gasteiger partial charge in [0.1, 0.15) is 0 Å². The quantitative estimate of drug-likeness (QED) is 0.594. The Morgan fingerprint density at radius 2 is 1.83 bits per heavy atom. The third-order valence-corrected chi connectivity index (χ3v) is 5.03. The fraction of sp³-hybridized carbons (Fsp3) is 0.111. The van der Waals surface area contributed by atoms with Crippen LogP contribution in [0.1, 0.15) is 21.5 Å². The molecule has 2 aromatic carbocycles. The van der Waals surface area contributed by atoms with Crippen molar-refractivity contribution < 1.29 is 9.90 Å². The molecule has 0 amide bonds. The van der Waals surface area contributed by atoms with Crippen molar-refractivity contribution in [1.82, 2.24) is 4.98 Å². The minimum atomic E-state index is -1.01. The smallest absolute Gasteiger partial charge is 0.336 e. The molecule has 1 aromatic heterocycles. The zero-order valence-corrected chi connectivity index (χ0v) is 14.5. The SMILES string of the molecule is O=C(O)c1c2c(nc3c(Cl)cc(Cl)cc13)-c1ccc(Cl)cc1CC2. The van der Waals surface area contributed by atoms with E-state index in [0.717, 1.165) is 11.1 Å². The van der Waals surface area contributed by atoms with Crippen LogP contribution in [0.15, 0.2) is 30.3 Å². The molecule has 1 aliphatic carbocycles. The van der Waals surface area contributed by atoms with Gasteiger partial charge in [0, 0.05) is 21.0 Å². The molecule has 0 spiro atoms. The number of fused-ring (bicyclic) bond motifs is 4. The van der Waals surface area contributed by atoms with Gasteiger partial charge in [-0.25, -0.2) is 9.78 Å². The van der Waals surface area contributed by atoms with Crippen LogP contribution in [0.4, 0.5) is 0 Å². The third kappa shape index (κ3) is 2.35. The summed E-state index contributed by atoms with van der Waals surface area (Å²) in [5.74, 6) is -1.01. The number of hydrogen-bond acceptors (Lipinski definition) is 2. The summed E-state index contributed by atoms with van der Waals surface area (Å²) in [6, 6.07) is 8.74. The van der Waals surface area contributed by atoms with Crippen LogP contribution in [-0.4, -0.2) is 16.1 Å². The summed E-state index contributed by atoms with van der Waals surface area (Å²) < 4.78 is 0. The van der Waals surface area contributed by atoms with E-state index in [2.05, 4.69) is 4.98 Å². The van der Waals surface area contributed by atoms with E-state index in [4.69, 9.17) is 34.8 Å². The normalized spacial score (nSPS) is 12.8. The molecule has 0 saturated carbocycles. The van der Waals surface area contributed by atoms with Crippen molar-refractivity contribution in [2.75, 3.05) is 0 Å². The van der Waals surface area contributed by atoms with Crippen molar-refractivity contribution in [3.8, 4) is 11.3 Å². The number of nitrogens with zero attached hydrogens (tertiary/aromatic N) is 1. The molecule has 3 aromatic rings. The molecule has 0 atom stereocenters. The zero-order chi connectivity index (χ0) is 17.0. The number of carboxylic acid groups (broad SMARTS) is 1. The lowest BCUT2D eigenvalue weighted by atomic mass is 9.85. The molecule has 6 heteroatoms. The lowest BCUT2D eigenvalue weighted by Gasteiger charge is -2.22. The number of benzene rings is 2. The first-order chi connectivity index (χ1) is 11.5. The Balaban J connectivity index is 2.15. The zero-order valence-electron chi connectivity index (χ0n) is 12.2. The van der Waals surface area contributed by atoms with E-state index in [1.807, 2.05) is 12.1 Å². The van der Waals surface area contributed by atoms with Crippen LogP contribution in [0.25, 0.3) is 22.2 Å². The predicted molar refractivity (Wildman–Crippen MR) is 96.6 cm³/mol. The molecular weight excluding hydrogens is 369 g/mol. The van der Waals surface area contributed by atoms with Gasteiger partial charge in [-0.15, -0.1) is 0 Å². The second-order valence-electron chi connectivity index (χ2n) is 5.70. The van der Waals surface area contributed by atoms with Crippen LogP contribution in [0, 0.1) is 0 Å². The minimum absolute atomic E-state index is 0.222. The van der Waals surface area contributed by atoms with Crippen molar-refractivity contribution >= 4 is 51.7 Å². The molecule has 1 N–H and O–H groups in total. The molecule has 0 saturated heterocycles. The summed E-state index contributed by atoms with van der Waals surface area (Å²) in [5, 5.41) is 11.6. The van der Waals surface area contributed by atoms with Gasteiger partial charge >= 0.3 is 5.97 Å². The molecule has 0 fully saturated rings. The summed E-state index contributed by atoms with van der Waals surface area (Å²) in [5.41, 5.74) is 3.99. The largest absolute Gasteiger partial charge is 0.478 e. The van der Waals surface area contributed by atoms with Gasteiger partial charge in [0.05, 0.1) is 21.8 Å². The topological polar surface area (TPSA) is 50.2 Å². The maximum Gasteiger partial charge on any atom is 0.336 e. The van der Waals surface area contributed by atoms with Crippen LogP contribution in [0.5, 0.6) is 0 Å². The highest BCUT2D eigenvalue weighted by Crippen LogP contribution is 2.40. The van der Waals surface area contributed by atoms with Crippen LogP contribution in [0.3, 0.4) is 0 Å². The number of carbonyl (C=O) groups is 1. The molecule has 0 unspecified atom stereocenters. The van der Waals surface area contributed by atoms with E-state index in [1.165, 1.54) is 0 Å². The van der Waals surface area contributed by atoms with E-state index in [9.17, 15) is 9.90 Å². The highest BCUT2D eigenvalue weighted by molar-refractivity contribution is 6.39. The molecular formula is C18H10Cl3NO2. The fourth-order valence-electron chi connectivity index (χ4n) is 3.30. The van der Waals surface area contributed by atoms with Crippen molar-refractivity contribution in [1.29, 1.82) is 0 Å². The van der Waals surface area contributed by atoms with Crippen LogP contribution >= 0.6 is 34.8 Å². The Labute approximate surface area is 152 Å². The van der Waals surface area contributed by atoms with Gasteiger partial charge in [-0.1, -0.05) is 40.9 Å². The number of aryl methyl sites for hydroxylation is 1. The van der Waals surface area contributed by atoms with E-state index >= 15 is 0 Å². The predicted octanol–water partition coefficient (Wildman–Crippen LogP) is 5.66. The molecule has 24 heavy (non-hydrogen) atoms. The Morgan fingerprint density at radius 3 is 2.58 bits per heavy atom. The second kappa shape index (κ2) is 5.62. The van der Waals surface area contributed by atoms with Crippen LogP contribution < -0.4 is 0 Å². The van der Waals surface area contributed by atoms with Gasteiger partial charge < -0.3 is 5.11 Å². The first kappa shape index (κ1) is 15.7. The first-order valence-corrected chi connectivity index (χ1v) is 8.43. The molecule has 4 rings (SSSR count). The standard InChI is InChI=1S/C18H10Cl3NO2/c19-9-2-4-11-8(5-9)1-3-12-15(18(23)24)13-6-10(20)7-14(21)17(13)22-16(11)12/h2,4-7H,1,3H2,(H,23,24). The van der Waals surface area contributed by atoms with Crippen molar-refractivity contribution in [2.45, 2.75) is 12.8 Å². The molecule has 1 aliphatic rings. The Kier molecular flexibility index (Phi) is 3.68. The summed E-state index contributed by atoms with van der Waals surface area (Å²) in [6.07, 6.45) is 1.29. The van der Waals surface area contributed by atoms with Gasteiger partial charge in [0.2, 0.25) is 0 Å². The third-order valence-electron chi connectivity index (χ3n) is 4.29. The van der Waals surface area contributed by atoms with Crippen molar-refractivity contribution in [3.05, 3.63) is 62.1 Å². The summed E-state index contributed by atoms with van der Waals surface area (Å²) >= 11 is 18.4. The monoisotopic (exact) mass is 377 g/mol. The minimum Gasteiger partial charge on any atom is -0.478 e. The molecule has 120 valence electrons. The van der Waals surface area contributed by atoms with Crippen molar-refractivity contribution in [3.63, 3.8) is 0 Å². The maximum absolute atomic E-state index is 11.9. The average Bonchev–Trinajstić information content (AvgIpc) is 2.52. The average molecular weight is 379 g/mol. The van der Waals surface area contributed by atoms with E-state index in [1.54, 1.807) is 18.2 Å². The summed E-state index contributed by atoms with van der Waals surface area (Å²) in [7, 11) is 0. The van der Waals surface area contributed by atoms with Crippen LogP contribution in [-0.2, 0) is 12.8 Å². The van der Waals surface area contributed by atoms with E-state index < -0.39 is 5.97 Å². The molecule has 0 bridgehead atoms. The Hall–Kier alpha value is -1.81. The molecule has 3 nitrogen and oxygen atoms in total. The molecule has 0 aliphatic heterocycles. The van der Waals surface area contributed by atoms with Crippen molar-refractivity contribution in [2.24, 2.45) is 0 Å². The summed E-state index contributed by atoms with van der Waals surface area (Å²) in [4.78, 5) is 16.6. The second-order valence-corrected chi connectivity index (χ2v) is 6.98. The number of carboxylic acids is 1. The Morgan fingerprint density at radius 1 is 1.04 bits per heavy atom.